The highest BCUT2D eigenvalue weighted by molar-refractivity contribution is 7.85. The molecule has 0 radical (unpaired) electrons. The fourth-order valence-corrected chi connectivity index (χ4v) is 2.11. The highest BCUT2D eigenvalue weighted by atomic mass is 32.2. The lowest BCUT2D eigenvalue weighted by atomic mass is 10.2. The van der Waals surface area contributed by atoms with Crippen molar-refractivity contribution in [1.29, 1.82) is 0 Å². The van der Waals surface area contributed by atoms with Gasteiger partial charge in [-0.15, -0.1) is 0 Å². The average molecular weight is 298 g/mol. The number of quaternary nitrogens is 1. The van der Waals surface area contributed by atoms with Crippen LogP contribution in [-0.2, 0) is 19.6 Å². The lowest BCUT2D eigenvalue weighted by Crippen LogP contribution is -2.49. The van der Waals surface area contributed by atoms with Gasteiger partial charge in [0.25, 0.3) is 10.1 Å². The molecule has 0 saturated carbocycles. The summed E-state index contributed by atoms with van der Waals surface area (Å²) < 4.78 is 35.2. The smallest absolute Gasteiger partial charge is 0.308 e. The summed E-state index contributed by atoms with van der Waals surface area (Å²) in [6.45, 7) is 4.25. The number of hydrogen-bond acceptors (Lipinski definition) is 5. The van der Waals surface area contributed by atoms with Crippen LogP contribution in [0.1, 0.15) is 13.8 Å². The number of carbonyl (C=O) groups excluding carboxylic acids is 1. The van der Waals surface area contributed by atoms with Crippen LogP contribution in [0.2, 0.25) is 0 Å². The first-order valence-corrected chi connectivity index (χ1v) is 7.66. The molecule has 114 valence electrons. The van der Waals surface area contributed by atoms with Crippen molar-refractivity contribution < 1.29 is 32.1 Å². The molecule has 2 N–H and O–H groups in total. The van der Waals surface area contributed by atoms with Crippen LogP contribution in [0.4, 0.5) is 0 Å². The minimum Gasteiger partial charge on any atom is -0.459 e. The Bertz CT molecular complexity index is 390. The second-order valence-electron chi connectivity index (χ2n) is 5.57. The Morgan fingerprint density at radius 1 is 1.32 bits per heavy atom. The first-order valence-electron chi connectivity index (χ1n) is 6.05. The molecule has 1 unspecified atom stereocenters. The highest BCUT2D eigenvalue weighted by Crippen LogP contribution is 2.03. The third kappa shape index (κ3) is 9.83. The SMILES string of the molecule is CC(C)C(=O)OCC[N+](C)(C)CC(O)CS(=O)(=O)O. The highest BCUT2D eigenvalue weighted by Gasteiger charge is 2.24. The number of ether oxygens (including phenoxy) is 1. The van der Waals surface area contributed by atoms with Gasteiger partial charge in [0.1, 0.15) is 31.6 Å². The molecular formula is C11H24NO6S+. The van der Waals surface area contributed by atoms with Crippen molar-refractivity contribution in [3.05, 3.63) is 0 Å². The Morgan fingerprint density at radius 2 is 1.84 bits per heavy atom. The number of esters is 1. The summed E-state index contributed by atoms with van der Waals surface area (Å²) in [6.07, 6.45) is -1.16. The molecule has 8 heteroatoms. The van der Waals surface area contributed by atoms with E-state index in [9.17, 15) is 18.3 Å². The first-order chi connectivity index (χ1) is 8.43. The van der Waals surface area contributed by atoms with E-state index in [1.807, 2.05) is 0 Å². The standard InChI is InChI=1S/C11H23NO6S/c1-9(2)11(14)18-6-5-12(3,4)7-10(13)8-19(15,16)17/h9-10,13H,5-8H2,1-4H3/p+1. The van der Waals surface area contributed by atoms with E-state index in [4.69, 9.17) is 9.29 Å². The zero-order valence-corrected chi connectivity index (χ0v) is 12.7. The lowest BCUT2D eigenvalue weighted by Gasteiger charge is -2.31. The van der Waals surface area contributed by atoms with Gasteiger partial charge in [0.2, 0.25) is 0 Å². The number of carbonyl (C=O) groups is 1. The van der Waals surface area contributed by atoms with Gasteiger partial charge in [-0.1, -0.05) is 13.8 Å². The van der Waals surface area contributed by atoms with Gasteiger partial charge >= 0.3 is 5.97 Å². The zero-order valence-electron chi connectivity index (χ0n) is 11.9. The molecule has 0 aliphatic rings. The largest absolute Gasteiger partial charge is 0.459 e. The van der Waals surface area contributed by atoms with Gasteiger partial charge in [0.05, 0.1) is 20.0 Å². The molecule has 0 saturated heterocycles. The van der Waals surface area contributed by atoms with Crippen molar-refractivity contribution >= 4 is 16.1 Å². The summed E-state index contributed by atoms with van der Waals surface area (Å²) in [6, 6.07) is 0. The number of aliphatic hydroxyl groups excluding tert-OH is 1. The molecule has 7 nitrogen and oxygen atoms in total. The van der Waals surface area contributed by atoms with E-state index >= 15 is 0 Å². The number of nitrogens with zero attached hydrogens (tertiary/aromatic N) is 1. The van der Waals surface area contributed by atoms with Gasteiger partial charge in [-0.3, -0.25) is 9.35 Å². The van der Waals surface area contributed by atoms with Crippen LogP contribution in [0, 0.1) is 5.92 Å². The zero-order chi connectivity index (χ0) is 15.3. The summed E-state index contributed by atoms with van der Waals surface area (Å²) >= 11 is 0. The van der Waals surface area contributed by atoms with E-state index in [2.05, 4.69) is 0 Å². The van der Waals surface area contributed by atoms with E-state index in [1.54, 1.807) is 27.9 Å². The van der Waals surface area contributed by atoms with Crippen LogP contribution in [0.3, 0.4) is 0 Å². The van der Waals surface area contributed by atoms with Gasteiger partial charge in [0.15, 0.2) is 0 Å². The molecule has 19 heavy (non-hydrogen) atoms. The van der Waals surface area contributed by atoms with Gasteiger partial charge in [0, 0.05) is 0 Å². The number of rotatable bonds is 8. The van der Waals surface area contributed by atoms with Crippen LogP contribution >= 0.6 is 0 Å². The van der Waals surface area contributed by atoms with Crippen molar-refractivity contribution in [2.24, 2.45) is 5.92 Å². The van der Waals surface area contributed by atoms with Gasteiger partial charge in [-0.25, -0.2) is 0 Å². The monoisotopic (exact) mass is 298 g/mol. The first kappa shape index (κ1) is 18.3. The van der Waals surface area contributed by atoms with Crippen molar-refractivity contribution in [2.75, 3.05) is 39.5 Å². The molecule has 0 heterocycles. The van der Waals surface area contributed by atoms with E-state index < -0.39 is 22.0 Å². The molecule has 0 amide bonds. The van der Waals surface area contributed by atoms with E-state index in [0.717, 1.165) is 0 Å². The summed E-state index contributed by atoms with van der Waals surface area (Å²) in [7, 11) is -0.638. The van der Waals surface area contributed by atoms with Crippen LogP contribution in [-0.4, -0.2) is 74.2 Å². The molecule has 0 aromatic carbocycles. The summed E-state index contributed by atoms with van der Waals surface area (Å²) in [5, 5.41) is 9.55. The van der Waals surface area contributed by atoms with Crippen LogP contribution in [0.15, 0.2) is 0 Å². The van der Waals surface area contributed by atoms with Crippen LogP contribution in [0.5, 0.6) is 0 Å². The molecule has 0 aromatic heterocycles. The normalized spacial score (nSPS) is 14.5. The van der Waals surface area contributed by atoms with Crippen molar-refractivity contribution in [3.8, 4) is 0 Å². The Balaban J connectivity index is 4.14. The Kier molecular flexibility index (Phi) is 6.92. The van der Waals surface area contributed by atoms with Gasteiger partial charge < -0.3 is 14.3 Å². The quantitative estimate of drug-likeness (QED) is 0.356. The van der Waals surface area contributed by atoms with Gasteiger partial charge in [-0.05, 0) is 0 Å². The molecule has 0 aromatic rings. The third-order valence-electron chi connectivity index (χ3n) is 2.52. The molecule has 0 aliphatic heterocycles. The molecular weight excluding hydrogens is 274 g/mol. The molecule has 0 spiro atoms. The molecule has 0 bridgehead atoms. The predicted molar refractivity (Wildman–Crippen MR) is 70.1 cm³/mol. The minimum absolute atomic E-state index is 0.138. The summed E-state index contributed by atoms with van der Waals surface area (Å²) in [5.41, 5.74) is 0. The maximum Gasteiger partial charge on any atom is 0.308 e. The van der Waals surface area contributed by atoms with E-state index in [0.29, 0.717) is 6.54 Å². The molecule has 0 aliphatic carbocycles. The number of hydrogen-bond donors (Lipinski definition) is 2. The fraction of sp³-hybridized carbons (Fsp3) is 0.909. The number of likely N-dealkylation sites (N-methyl/N-ethyl adjacent to an activating group) is 1. The molecule has 0 rings (SSSR count). The molecule has 1 atom stereocenters. The van der Waals surface area contributed by atoms with Crippen LogP contribution < -0.4 is 0 Å². The maximum atomic E-state index is 11.2. The molecule has 0 fully saturated rings. The van der Waals surface area contributed by atoms with Crippen LogP contribution in [0.25, 0.3) is 0 Å². The van der Waals surface area contributed by atoms with E-state index in [1.165, 1.54) is 0 Å². The number of aliphatic hydroxyl groups is 1. The van der Waals surface area contributed by atoms with Crippen molar-refractivity contribution in [1.82, 2.24) is 0 Å². The minimum atomic E-state index is -4.19. The second kappa shape index (κ2) is 7.18. The van der Waals surface area contributed by atoms with Gasteiger partial charge in [-0.2, -0.15) is 8.42 Å². The average Bonchev–Trinajstić information content (AvgIpc) is 2.12. The maximum absolute atomic E-state index is 11.2. The Hall–Kier alpha value is -0.700. The second-order valence-corrected chi connectivity index (χ2v) is 7.06. The fourth-order valence-electron chi connectivity index (χ4n) is 1.52. The summed E-state index contributed by atoms with van der Waals surface area (Å²) in [5.74, 6) is -1.18. The van der Waals surface area contributed by atoms with E-state index in [-0.39, 0.29) is 29.5 Å². The Labute approximate surface area is 114 Å². The summed E-state index contributed by atoms with van der Waals surface area (Å²) in [4.78, 5) is 11.2. The lowest BCUT2D eigenvalue weighted by molar-refractivity contribution is -0.893. The Morgan fingerprint density at radius 3 is 2.26 bits per heavy atom. The third-order valence-corrected chi connectivity index (χ3v) is 3.33. The predicted octanol–water partition coefficient (Wildman–Crippen LogP) is -0.489. The topological polar surface area (TPSA) is 101 Å². The van der Waals surface area contributed by atoms with Crippen molar-refractivity contribution in [2.45, 2.75) is 20.0 Å². The van der Waals surface area contributed by atoms with Crippen molar-refractivity contribution in [3.63, 3.8) is 0 Å².